The number of aromatic nitrogens is 1. The van der Waals surface area contributed by atoms with Crippen molar-refractivity contribution in [3.05, 3.63) is 101 Å². The highest BCUT2D eigenvalue weighted by Crippen LogP contribution is 2.61. The molecule has 7 rings (SSSR count). The molecule has 2 aliphatic rings. The molecule has 0 radical (unpaired) electrons. The van der Waals surface area contributed by atoms with E-state index in [-0.39, 0.29) is 27.2 Å². The maximum absolute atomic E-state index is 2.74. The third kappa shape index (κ3) is 4.57. The van der Waals surface area contributed by atoms with E-state index in [1.807, 2.05) is 0 Å². The van der Waals surface area contributed by atoms with Gasteiger partial charge in [-0.15, -0.1) is 0 Å². The first-order chi connectivity index (χ1) is 21.4. The highest BCUT2D eigenvalue weighted by molar-refractivity contribution is 6.10. The zero-order valence-corrected chi connectivity index (χ0v) is 30.2. The average Bonchev–Trinajstić information content (AvgIpc) is 3.41. The normalized spacial score (nSPS) is 22.0. The van der Waals surface area contributed by atoms with Gasteiger partial charge in [-0.25, -0.2) is 0 Å². The largest absolute Gasteiger partial charge is 0.334 e. The highest BCUT2D eigenvalue weighted by Gasteiger charge is 2.57. The summed E-state index contributed by atoms with van der Waals surface area (Å²) < 4.78 is 2.55. The quantitative estimate of drug-likeness (QED) is 0.193. The minimum atomic E-state index is -0.00164. The van der Waals surface area contributed by atoms with E-state index in [0.717, 1.165) is 0 Å². The lowest BCUT2D eigenvalue weighted by Gasteiger charge is -2.50. The lowest BCUT2D eigenvalue weighted by atomic mass is 9.61. The zero-order chi connectivity index (χ0) is 33.0. The van der Waals surface area contributed by atoms with Gasteiger partial charge in [0, 0.05) is 33.2 Å². The molecule has 0 amide bonds. The number of hydrogen-bond acceptors (Lipinski definition) is 1. The van der Waals surface area contributed by atoms with Crippen molar-refractivity contribution >= 4 is 33.2 Å². The second-order valence-electron chi connectivity index (χ2n) is 18.0. The van der Waals surface area contributed by atoms with Gasteiger partial charge in [0.15, 0.2) is 0 Å². The second kappa shape index (κ2) is 9.99. The molecule has 0 N–H and O–H groups in total. The average molecular weight is 611 g/mol. The lowest BCUT2D eigenvalue weighted by molar-refractivity contribution is 0.195. The molecule has 1 aliphatic carbocycles. The van der Waals surface area contributed by atoms with E-state index in [2.05, 4.69) is 164 Å². The smallest absolute Gasteiger partial charge is 0.0541 e. The van der Waals surface area contributed by atoms with Crippen LogP contribution in [0, 0.1) is 0 Å². The lowest BCUT2D eigenvalue weighted by Crippen LogP contribution is -2.54. The second-order valence-corrected chi connectivity index (χ2v) is 18.0. The maximum atomic E-state index is 2.74. The molecule has 46 heavy (non-hydrogen) atoms. The summed E-state index contributed by atoms with van der Waals surface area (Å²) in [5.41, 5.74) is 12.5. The van der Waals surface area contributed by atoms with Crippen LogP contribution in [0.1, 0.15) is 124 Å². The number of nitrogens with zero attached hydrogens (tertiary/aromatic N) is 2. The van der Waals surface area contributed by atoms with Crippen LogP contribution < -0.4 is 4.90 Å². The van der Waals surface area contributed by atoms with Crippen molar-refractivity contribution < 1.29 is 0 Å². The van der Waals surface area contributed by atoms with Crippen LogP contribution in [0.3, 0.4) is 0 Å². The first kappa shape index (κ1) is 31.1. The number of para-hydroxylation sites is 1. The topological polar surface area (TPSA) is 8.17 Å². The Kier molecular flexibility index (Phi) is 6.75. The Morgan fingerprint density at radius 1 is 0.543 bits per heavy atom. The van der Waals surface area contributed by atoms with Crippen LogP contribution in [0.2, 0.25) is 0 Å². The van der Waals surface area contributed by atoms with Gasteiger partial charge in [0.1, 0.15) is 0 Å². The minimum Gasteiger partial charge on any atom is -0.334 e. The third-order valence-electron chi connectivity index (χ3n) is 11.8. The molecule has 2 atom stereocenters. The van der Waals surface area contributed by atoms with Crippen molar-refractivity contribution in [1.29, 1.82) is 0 Å². The van der Waals surface area contributed by atoms with Crippen molar-refractivity contribution in [2.24, 2.45) is 0 Å². The summed E-state index contributed by atoms with van der Waals surface area (Å²) in [5, 5.41) is 2.68. The number of hydrogen-bond donors (Lipinski definition) is 0. The van der Waals surface area contributed by atoms with Gasteiger partial charge in [0.25, 0.3) is 0 Å². The van der Waals surface area contributed by atoms with Crippen molar-refractivity contribution in [2.45, 2.75) is 129 Å². The van der Waals surface area contributed by atoms with Crippen molar-refractivity contribution in [3.8, 4) is 5.69 Å². The van der Waals surface area contributed by atoms with Gasteiger partial charge in [-0.3, -0.25) is 0 Å². The van der Waals surface area contributed by atoms with Crippen LogP contribution in [-0.4, -0.2) is 10.1 Å². The Hall–Kier alpha value is -3.52. The Bertz CT molecular complexity index is 1910. The molecule has 2 unspecified atom stereocenters. The number of fused-ring (bicyclic) bond motifs is 6. The molecule has 0 saturated heterocycles. The highest BCUT2D eigenvalue weighted by atomic mass is 15.3. The molecule has 2 heteroatoms. The predicted molar refractivity (Wildman–Crippen MR) is 200 cm³/mol. The standard InChI is InChI=1S/C44H54N2/c1-40(2,3)29-18-20-37-34(26-29)35-27-30(41(4,5)6)19-21-38(35)45(37)32-24-31(42(7,8)9)25-33(28-32)46-39-17-13-12-16-36(39)43(10)22-14-15-23-44(43,46)11/h12-13,16-21,24-28H,14-15,22-23H2,1-11H3. The Morgan fingerprint density at radius 2 is 1.07 bits per heavy atom. The van der Waals surface area contributed by atoms with E-state index in [0.29, 0.717) is 0 Å². The number of rotatable bonds is 2. The summed E-state index contributed by atoms with van der Waals surface area (Å²) in [5.74, 6) is 0. The molecule has 2 heterocycles. The SMILES string of the molecule is CC(C)(C)c1cc(N2c3ccccc3C3(C)CCCCC23C)cc(-n2c3ccc(C(C)(C)C)cc3c3cc(C(C)(C)C)ccc32)c1. The van der Waals surface area contributed by atoms with E-state index in [1.54, 1.807) is 0 Å². The van der Waals surface area contributed by atoms with Crippen molar-refractivity contribution in [1.82, 2.24) is 4.57 Å². The van der Waals surface area contributed by atoms with E-state index in [1.165, 1.54) is 86.8 Å². The molecule has 0 spiro atoms. The molecule has 0 bridgehead atoms. The van der Waals surface area contributed by atoms with Crippen LogP contribution in [0.25, 0.3) is 27.5 Å². The molecule has 5 aromatic rings. The summed E-state index contributed by atoms with van der Waals surface area (Å²) in [6.45, 7) is 26.1. The summed E-state index contributed by atoms with van der Waals surface area (Å²) in [6.07, 6.45) is 5.02. The monoisotopic (exact) mass is 610 g/mol. The number of anilines is 2. The van der Waals surface area contributed by atoms with Crippen LogP contribution in [0.5, 0.6) is 0 Å². The van der Waals surface area contributed by atoms with Crippen LogP contribution in [-0.2, 0) is 21.7 Å². The van der Waals surface area contributed by atoms with Gasteiger partial charge < -0.3 is 9.47 Å². The van der Waals surface area contributed by atoms with Gasteiger partial charge in [-0.1, -0.05) is 112 Å². The summed E-state index contributed by atoms with van der Waals surface area (Å²) in [6, 6.07) is 31.1. The van der Waals surface area contributed by atoms with Crippen molar-refractivity contribution in [3.63, 3.8) is 0 Å². The molecule has 1 saturated carbocycles. The first-order valence-corrected chi connectivity index (χ1v) is 17.6. The van der Waals surface area contributed by atoms with Crippen molar-refractivity contribution in [2.75, 3.05) is 4.90 Å². The maximum Gasteiger partial charge on any atom is 0.0541 e. The number of benzene rings is 4. The fourth-order valence-electron chi connectivity index (χ4n) is 8.62. The third-order valence-corrected chi connectivity index (χ3v) is 11.8. The van der Waals surface area contributed by atoms with Crippen LogP contribution in [0.15, 0.2) is 78.9 Å². The first-order valence-electron chi connectivity index (χ1n) is 17.6. The molecule has 4 aromatic carbocycles. The van der Waals surface area contributed by atoms with Gasteiger partial charge in [-0.2, -0.15) is 0 Å². The van der Waals surface area contributed by atoms with Gasteiger partial charge in [0.2, 0.25) is 0 Å². The zero-order valence-electron chi connectivity index (χ0n) is 30.2. The van der Waals surface area contributed by atoms with E-state index in [9.17, 15) is 0 Å². The minimum absolute atomic E-state index is 0.00164. The summed E-state index contributed by atoms with van der Waals surface area (Å²) in [7, 11) is 0. The van der Waals surface area contributed by atoms with Gasteiger partial charge in [-0.05, 0) is 107 Å². The Morgan fingerprint density at radius 3 is 1.63 bits per heavy atom. The van der Waals surface area contributed by atoms with E-state index >= 15 is 0 Å². The molecular weight excluding hydrogens is 556 g/mol. The van der Waals surface area contributed by atoms with Crippen LogP contribution in [0.4, 0.5) is 11.4 Å². The van der Waals surface area contributed by atoms with Crippen LogP contribution >= 0.6 is 0 Å². The molecule has 240 valence electrons. The molecular formula is C44H54N2. The van der Waals surface area contributed by atoms with E-state index in [4.69, 9.17) is 0 Å². The Labute approximate surface area is 277 Å². The van der Waals surface area contributed by atoms with Gasteiger partial charge in [0.05, 0.1) is 16.6 Å². The fraction of sp³-hybridized carbons (Fsp3) is 0.455. The molecule has 1 aromatic heterocycles. The molecule has 1 aliphatic heterocycles. The fourth-order valence-corrected chi connectivity index (χ4v) is 8.62. The van der Waals surface area contributed by atoms with E-state index < -0.39 is 0 Å². The predicted octanol–water partition coefficient (Wildman–Crippen LogP) is 12.4. The summed E-state index contributed by atoms with van der Waals surface area (Å²) in [4.78, 5) is 2.74. The molecule has 2 nitrogen and oxygen atoms in total. The van der Waals surface area contributed by atoms with Gasteiger partial charge >= 0.3 is 0 Å². The molecule has 1 fully saturated rings. The summed E-state index contributed by atoms with van der Waals surface area (Å²) >= 11 is 0. The Balaban J connectivity index is 1.54.